The van der Waals surface area contributed by atoms with Crippen LogP contribution in [0, 0.1) is 0 Å². The number of hydrogen-bond acceptors (Lipinski definition) is 7. The maximum absolute atomic E-state index is 12.4. The number of hydrogen-bond donors (Lipinski definition) is 2. The first-order valence-electron chi connectivity index (χ1n) is 9.49. The van der Waals surface area contributed by atoms with Crippen molar-refractivity contribution in [3.8, 4) is 0 Å². The van der Waals surface area contributed by atoms with E-state index in [1.807, 2.05) is 20.8 Å². The molecule has 1 aliphatic heterocycles. The molecule has 0 radical (unpaired) electrons. The van der Waals surface area contributed by atoms with E-state index in [-0.39, 0.29) is 22.8 Å². The van der Waals surface area contributed by atoms with Gasteiger partial charge in [0.25, 0.3) is 0 Å². The zero-order valence-electron chi connectivity index (χ0n) is 17.4. The predicted octanol–water partition coefficient (Wildman–Crippen LogP) is 1.22. The molecule has 2 N–H and O–H groups in total. The highest BCUT2D eigenvalue weighted by atomic mass is 32.2. The summed E-state index contributed by atoms with van der Waals surface area (Å²) in [6.45, 7) is 10.5. The molecule has 0 spiro atoms. The van der Waals surface area contributed by atoms with Crippen LogP contribution in [-0.4, -0.2) is 75.1 Å². The molecule has 1 aromatic rings. The summed E-state index contributed by atoms with van der Waals surface area (Å²) in [5, 5.41) is 2.65. The summed E-state index contributed by atoms with van der Waals surface area (Å²) in [5.41, 5.74) is -0.518. The molecule has 0 aliphatic carbocycles. The summed E-state index contributed by atoms with van der Waals surface area (Å²) in [4.78, 5) is 27.6. The lowest BCUT2D eigenvalue weighted by molar-refractivity contribution is -0.119. The number of rotatable bonds is 7. The molecular formula is C18H30N4O5S2. The van der Waals surface area contributed by atoms with Crippen LogP contribution in [0.25, 0.3) is 0 Å². The smallest absolute Gasteiger partial charge is 0.410 e. The molecule has 1 aromatic heterocycles. The number of nitrogens with one attached hydrogen (secondary N) is 2. The van der Waals surface area contributed by atoms with Crippen LogP contribution in [0.1, 0.15) is 32.6 Å². The largest absolute Gasteiger partial charge is 0.444 e. The molecule has 0 atom stereocenters. The van der Waals surface area contributed by atoms with Gasteiger partial charge in [-0.15, -0.1) is 11.3 Å². The van der Waals surface area contributed by atoms with E-state index in [9.17, 15) is 18.0 Å². The molecule has 1 fully saturated rings. The predicted molar refractivity (Wildman–Crippen MR) is 111 cm³/mol. The van der Waals surface area contributed by atoms with Crippen LogP contribution in [0.2, 0.25) is 0 Å². The molecule has 29 heavy (non-hydrogen) atoms. The van der Waals surface area contributed by atoms with Gasteiger partial charge in [0.2, 0.25) is 15.9 Å². The molecule has 1 aliphatic rings. The Kier molecular flexibility index (Phi) is 8.03. The van der Waals surface area contributed by atoms with Gasteiger partial charge in [-0.1, -0.05) is 0 Å². The number of sulfonamides is 1. The Morgan fingerprint density at radius 1 is 1.17 bits per heavy atom. The van der Waals surface area contributed by atoms with Crippen LogP contribution in [0.15, 0.2) is 16.3 Å². The first kappa shape index (κ1) is 23.6. The van der Waals surface area contributed by atoms with E-state index in [4.69, 9.17) is 4.74 Å². The minimum atomic E-state index is -3.58. The molecule has 0 unspecified atom stereocenters. The fraction of sp³-hybridized carbons (Fsp3) is 0.667. The van der Waals surface area contributed by atoms with E-state index >= 15 is 0 Å². The van der Waals surface area contributed by atoms with E-state index in [1.54, 1.807) is 17.0 Å². The van der Waals surface area contributed by atoms with Crippen molar-refractivity contribution >= 4 is 33.4 Å². The van der Waals surface area contributed by atoms with Gasteiger partial charge in [-0.3, -0.25) is 9.69 Å². The van der Waals surface area contributed by atoms with Crippen molar-refractivity contribution in [1.82, 2.24) is 19.8 Å². The molecule has 2 amide bonds. The fourth-order valence-electron chi connectivity index (χ4n) is 2.70. The third kappa shape index (κ3) is 7.92. The van der Waals surface area contributed by atoms with E-state index in [0.717, 1.165) is 16.2 Å². The van der Waals surface area contributed by atoms with Gasteiger partial charge in [0, 0.05) is 51.1 Å². The second-order valence-electron chi connectivity index (χ2n) is 7.84. The summed E-state index contributed by atoms with van der Waals surface area (Å²) < 4.78 is 33.1. The second-order valence-corrected chi connectivity index (χ2v) is 11.0. The Morgan fingerprint density at radius 3 is 2.41 bits per heavy atom. The zero-order chi connectivity index (χ0) is 21.7. The lowest BCUT2D eigenvalue weighted by Gasteiger charge is -2.35. The van der Waals surface area contributed by atoms with Crippen LogP contribution >= 0.6 is 11.3 Å². The summed E-state index contributed by atoms with van der Waals surface area (Å²) in [6, 6.07) is 3.24. The maximum atomic E-state index is 12.4. The van der Waals surface area contributed by atoms with Crippen LogP contribution in [0.5, 0.6) is 0 Å². The van der Waals surface area contributed by atoms with Crippen molar-refractivity contribution < 1.29 is 22.7 Å². The van der Waals surface area contributed by atoms with Gasteiger partial charge >= 0.3 is 6.09 Å². The first-order valence-corrected chi connectivity index (χ1v) is 11.8. The minimum absolute atomic E-state index is 0.160. The molecular weight excluding hydrogens is 416 g/mol. The zero-order valence-corrected chi connectivity index (χ0v) is 19.0. The van der Waals surface area contributed by atoms with Crippen LogP contribution in [0.3, 0.4) is 0 Å². The summed E-state index contributed by atoms with van der Waals surface area (Å²) in [5.74, 6) is -0.160. The highest BCUT2D eigenvalue weighted by molar-refractivity contribution is 7.91. The quantitative estimate of drug-likeness (QED) is 0.652. The van der Waals surface area contributed by atoms with Gasteiger partial charge in [-0.05, 0) is 32.9 Å². The van der Waals surface area contributed by atoms with Crippen molar-refractivity contribution in [2.45, 2.75) is 44.0 Å². The monoisotopic (exact) mass is 446 g/mol. The molecule has 0 aromatic carbocycles. The topological polar surface area (TPSA) is 108 Å². The van der Waals surface area contributed by atoms with Crippen molar-refractivity contribution in [2.24, 2.45) is 0 Å². The SMILES string of the molecule is CC(=O)NCc1ccc(S(=O)(=O)NCCN2CCN(C(=O)OC(C)(C)C)CC2)s1. The molecule has 0 saturated carbocycles. The lowest BCUT2D eigenvalue weighted by Crippen LogP contribution is -2.51. The highest BCUT2D eigenvalue weighted by Crippen LogP contribution is 2.21. The van der Waals surface area contributed by atoms with Gasteiger partial charge < -0.3 is 15.0 Å². The standard InChI is InChI=1S/C18H30N4O5S2/c1-14(23)19-13-15-5-6-16(28-15)29(25,26)20-7-8-21-9-11-22(12-10-21)17(24)27-18(2,3)4/h5-6,20H,7-13H2,1-4H3,(H,19,23). The number of ether oxygens (including phenoxy) is 1. The summed E-state index contributed by atoms with van der Waals surface area (Å²) in [6.07, 6.45) is -0.314. The van der Waals surface area contributed by atoms with E-state index in [2.05, 4.69) is 14.9 Å². The fourth-order valence-corrected chi connectivity index (χ4v) is 5.06. The summed E-state index contributed by atoms with van der Waals surface area (Å²) >= 11 is 1.14. The Morgan fingerprint density at radius 2 is 1.83 bits per heavy atom. The number of piperazine rings is 1. The van der Waals surface area contributed by atoms with Crippen LogP contribution < -0.4 is 10.0 Å². The van der Waals surface area contributed by atoms with Gasteiger partial charge in [-0.25, -0.2) is 17.9 Å². The number of carbonyl (C=O) groups is 2. The van der Waals surface area contributed by atoms with Crippen molar-refractivity contribution in [1.29, 1.82) is 0 Å². The first-order chi connectivity index (χ1) is 13.5. The third-order valence-electron chi connectivity index (χ3n) is 4.16. The van der Waals surface area contributed by atoms with E-state index in [1.165, 1.54) is 6.92 Å². The lowest BCUT2D eigenvalue weighted by atomic mass is 10.2. The van der Waals surface area contributed by atoms with Gasteiger partial charge in [0.15, 0.2) is 0 Å². The van der Waals surface area contributed by atoms with E-state index < -0.39 is 15.6 Å². The number of nitrogens with zero attached hydrogens (tertiary/aromatic N) is 2. The van der Waals surface area contributed by atoms with Gasteiger partial charge in [0.05, 0.1) is 6.54 Å². The van der Waals surface area contributed by atoms with Gasteiger partial charge in [-0.2, -0.15) is 0 Å². The van der Waals surface area contributed by atoms with Crippen molar-refractivity contribution in [3.63, 3.8) is 0 Å². The van der Waals surface area contributed by atoms with E-state index in [0.29, 0.717) is 39.3 Å². The Balaban J connectivity index is 1.74. The molecule has 9 nitrogen and oxygen atoms in total. The normalized spacial score (nSPS) is 15.9. The van der Waals surface area contributed by atoms with Crippen molar-refractivity contribution in [3.05, 3.63) is 17.0 Å². The Labute approximate surface area is 176 Å². The summed E-state index contributed by atoms with van der Waals surface area (Å²) in [7, 11) is -3.58. The van der Waals surface area contributed by atoms with Gasteiger partial charge in [0.1, 0.15) is 9.81 Å². The Hall–Kier alpha value is -1.69. The Bertz CT molecular complexity index is 808. The van der Waals surface area contributed by atoms with Crippen molar-refractivity contribution in [2.75, 3.05) is 39.3 Å². The molecule has 164 valence electrons. The average Bonchev–Trinajstić information content (AvgIpc) is 3.09. The number of thiophene rings is 1. The third-order valence-corrected chi connectivity index (χ3v) is 7.20. The average molecular weight is 447 g/mol. The number of carbonyl (C=O) groups excluding carboxylic acids is 2. The van der Waals surface area contributed by atoms with Crippen LogP contribution in [-0.2, 0) is 26.1 Å². The molecule has 2 rings (SSSR count). The molecule has 0 bridgehead atoms. The maximum Gasteiger partial charge on any atom is 0.410 e. The minimum Gasteiger partial charge on any atom is -0.444 e. The van der Waals surface area contributed by atoms with Crippen LogP contribution in [0.4, 0.5) is 4.79 Å². The molecule has 1 saturated heterocycles. The highest BCUT2D eigenvalue weighted by Gasteiger charge is 2.26. The molecule has 11 heteroatoms. The second kappa shape index (κ2) is 9.88. The number of amides is 2. The molecule has 2 heterocycles.